The molecule has 2 fully saturated rings. The molecule has 0 aromatic heterocycles. The average molecular weight is 326 g/mol. The molecule has 3 rings (SSSR count). The van der Waals surface area contributed by atoms with Crippen molar-refractivity contribution in [2.75, 3.05) is 17.2 Å². The van der Waals surface area contributed by atoms with Gasteiger partial charge in [0.05, 0.1) is 22.9 Å². The van der Waals surface area contributed by atoms with E-state index in [1.54, 1.807) is 0 Å². The lowest BCUT2D eigenvalue weighted by Gasteiger charge is -2.39. The molecule has 2 N–H and O–H groups in total. The predicted octanol–water partition coefficient (Wildman–Crippen LogP) is 5.01. The number of nitrogens with zero attached hydrogens (tertiary/aromatic N) is 2. The van der Waals surface area contributed by atoms with E-state index < -0.39 is 0 Å². The first-order valence-corrected chi connectivity index (χ1v) is 9.63. The third-order valence-electron chi connectivity index (χ3n) is 5.89. The van der Waals surface area contributed by atoms with Crippen molar-refractivity contribution in [3.63, 3.8) is 0 Å². The second-order valence-electron chi connectivity index (χ2n) is 8.16. The Hall–Kier alpha value is -1.69. The minimum Gasteiger partial charge on any atom is -0.397 e. The van der Waals surface area contributed by atoms with Crippen LogP contribution in [0.3, 0.4) is 0 Å². The Morgan fingerprint density at radius 2 is 1.92 bits per heavy atom. The normalized spacial score (nSPS) is 20.4. The fourth-order valence-electron chi connectivity index (χ4n) is 4.34. The number of rotatable bonds is 5. The topological polar surface area (TPSA) is 53.0 Å². The van der Waals surface area contributed by atoms with Gasteiger partial charge in [0, 0.05) is 12.6 Å². The van der Waals surface area contributed by atoms with Crippen molar-refractivity contribution in [2.24, 2.45) is 5.92 Å². The van der Waals surface area contributed by atoms with E-state index in [1.807, 2.05) is 0 Å². The van der Waals surface area contributed by atoms with Gasteiger partial charge in [-0.15, -0.1) is 0 Å². The Bertz CT molecular complexity index is 604. The molecule has 0 aliphatic heterocycles. The van der Waals surface area contributed by atoms with Crippen LogP contribution >= 0.6 is 0 Å². The second-order valence-corrected chi connectivity index (χ2v) is 8.16. The van der Waals surface area contributed by atoms with E-state index >= 15 is 0 Å². The predicted molar refractivity (Wildman–Crippen MR) is 101 cm³/mol. The highest BCUT2D eigenvalue weighted by atomic mass is 15.2. The van der Waals surface area contributed by atoms with Gasteiger partial charge in [-0.25, -0.2) is 0 Å². The maximum atomic E-state index is 9.58. The lowest BCUT2D eigenvalue weighted by molar-refractivity contribution is 0.324. The first-order valence-electron chi connectivity index (χ1n) is 9.63. The van der Waals surface area contributed by atoms with Crippen molar-refractivity contribution in [1.29, 1.82) is 5.26 Å². The molecule has 2 aliphatic carbocycles. The van der Waals surface area contributed by atoms with Crippen molar-refractivity contribution in [3.8, 4) is 6.07 Å². The lowest BCUT2D eigenvalue weighted by Crippen LogP contribution is -2.40. The first-order chi connectivity index (χ1) is 11.6. The van der Waals surface area contributed by atoms with Crippen LogP contribution in [-0.4, -0.2) is 12.6 Å². The number of nitrogens with two attached hydrogens (primary N) is 1. The first kappa shape index (κ1) is 17.1. The molecule has 0 radical (unpaired) electrons. The summed E-state index contributed by atoms with van der Waals surface area (Å²) in [5.74, 6) is 0.614. The Kier molecular flexibility index (Phi) is 5.04. The molecule has 1 aromatic rings. The van der Waals surface area contributed by atoms with Gasteiger partial charge in [-0.3, -0.25) is 0 Å². The van der Waals surface area contributed by atoms with Crippen LogP contribution in [0.4, 0.5) is 11.4 Å². The number of anilines is 2. The zero-order chi connectivity index (χ0) is 17.2. The largest absolute Gasteiger partial charge is 0.397 e. The van der Waals surface area contributed by atoms with Crippen molar-refractivity contribution in [3.05, 3.63) is 23.8 Å². The van der Waals surface area contributed by atoms with E-state index in [4.69, 9.17) is 5.73 Å². The van der Waals surface area contributed by atoms with E-state index in [2.05, 4.69) is 43.0 Å². The fourth-order valence-corrected chi connectivity index (χ4v) is 4.34. The number of hydrogen-bond donors (Lipinski definition) is 1. The van der Waals surface area contributed by atoms with E-state index in [0.717, 1.165) is 37.1 Å². The number of nitrogen functional groups attached to an aromatic ring is 1. The van der Waals surface area contributed by atoms with E-state index in [-0.39, 0.29) is 5.41 Å². The molecule has 2 aliphatic rings. The third kappa shape index (κ3) is 3.24. The van der Waals surface area contributed by atoms with Gasteiger partial charge in [0.15, 0.2) is 0 Å². The van der Waals surface area contributed by atoms with Crippen molar-refractivity contribution < 1.29 is 0 Å². The molecule has 0 unspecified atom stereocenters. The highest BCUT2D eigenvalue weighted by molar-refractivity contribution is 5.70. The quantitative estimate of drug-likeness (QED) is 0.774. The zero-order valence-corrected chi connectivity index (χ0v) is 15.2. The molecule has 1 aromatic carbocycles. The van der Waals surface area contributed by atoms with Gasteiger partial charge in [-0.05, 0) is 55.7 Å². The van der Waals surface area contributed by atoms with Crippen LogP contribution < -0.4 is 10.6 Å². The van der Waals surface area contributed by atoms with Crippen LogP contribution in [-0.2, 0) is 5.41 Å². The molecule has 130 valence electrons. The second kappa shape index (κ2) is 7.05. The molecule has 0 bridgehead atoms. The summed E-state index contributed by atoms with van der Waals surface area (Å²) in [4.78, 5) is 2.54. The fraction of sp³-hybridized carbons (Fsp3) is 0.667. The summed E-state index contributed by atoms with van der Waals surface area (Å²) < 4.78 is 0. The maximum Gasteiger partial charge on any atom is 0.0823 e. The SMILES string of the molecule is CC(C)CN(c1ccc(C2(C#N)CCC2)cc1N)C1CCCCC1. The minimum absolute atomic E-state index is 0.277. The van der Waals surface area contributed by atoms with Gasteiger partial charge in [0.25, 0.3) is 0 Å². The van der Waals surface area contributed by atoms with Crippen LogP contribution in [0.15, 0.2) is 18.2 Å². The van der Waals surface area contributed by atoms with Gasteiger partial charge < -0.3 is 10.6 Å². The molecule has 0 atom stereocenters. The Morgan fingerprint density at radius 3 is 2.42 bits per heavy atom. The monoisotopic (exact) mass is 325 g/mol. The molecule has 2 saturated carbocycles. The van der Waals surface area contributed by atoms with E-state index in [9.17, 15) is 5.26 Å². The summed E-state index contributed by atoms with van der Waals surface area (Å²) in [5.41, 5.74) is 9.34. The standard InChI is InChI=1S/C21H31N3/c1-16(2)14-24(18-7-4-3-5-8-18)20-10-9-17(13-19(20)23)21(15-22)11-6-12-21/h9-10,13,16,18H,3-8,11-12,14,23H2,1-2H3. The third-order valence-corrected chi connectivity index (χ3v) is 5.89. The van der Waals surface area contributed by atoms with Gasteiger partial charge in [0.1, 0.15) is 0 Å². The highest BCUT2D eigenvalue weighted by Crippen LogP contribution is 2.45. The van der Waals surface area contributed by atoms with Crippen LogP contribution in [0.2, 0.25) is 0 Å². The van der Waals surface area contributed by atoms with Gasteiger partial charge in [-0.2, -0.15) is 5.26 Å². The average Bonchev–Trinajstić information content (AvgIpc) is 2.53. The smallest absolute Gasteiger partial charge is 0.0823 e. The number of benzene rings is 1. The molecule has 0 saturated heterocycles. The Morgan fingerprint density at radius 1 is 1.21 bits per heavy atom. The molecule has 3 heteroatoms. The molecule has 3 nitrogen and oxygen atoms in total. The molecule has 24 heavy (non-hydrogen) atoms. The van der Waals surface area contributed by atoms with Gasteiger partial charge in [-0.1, -0.05) is 39.2 Å². The molecular formula is C21H31N3. The Balaban J connectivity index is 1.88. The van der Waals surface area contributed by atoms with Gasteiger partial charge in [0.2, 0.25) is 0 Å². The van der Waals surface area contributed by atoms with Crippen LogP contribution in [0.5, 0.6) is 0 Å². The highest BCUT2D eigenvalue weighted by Gasteiger charge is 2.39. The van der Waals surface area contributed by atoms with Gasteiger partial charge >= 0.3 is 0 Å². The van der Waals surface area contributed by atoms with Crippen LogP contribution in [0, 0.1) is 17.2 Å². The van der Waals surface area contributed by atoms with Crippen molar-refractivity contribution in [2.45, 2.75) is 76.7 Å². The summed E-state index contributed by atoms with van der Waals surface area (Å²) in [6, 6.07) is 9.56. The summed E-state index contributed by atoms with van der Waals surface area (Å²) in [7, 11) is 0. The summed E-state index contributed by atoms with van der Waals surface area (Å²) in [5, 5.41) is 9.58. The maximum absolute atomic E-state index is 9.58. The van der Waals surface area contributed by atoms with Crippen molar-refractivity contribution in [1.82, 2.24) is 0 Å². The minimum atomic E-state index is -0.277. The lowest BCUT2D eigenvalue weighted by atomic mass is 9.65. The number of hydrogen-bond acceptors (Lipinski definition) is 3. The van der Waals surface area contributed by atoms with Crippen LogP contribution in [0.1, 0.15) is 70.8 Å². The van der Waals surface area contributed by atoms with E-state index in [0.29, 0.717) is 12.0 Å². The van der Waals surface area contributed by atoms with E-state index in [1.165, 1.54) is 37.8 Å². The summed E-state index contributed by atoms with van der Waals surface area (Å²) in [6.45, 7) is 5.61. The zero-order valence-electron chi connectivity index (χ0n) is 15.2. The molecular weight excluding hydrogens is 294 g/mol. The van der Waals surface area contributed by atoms with Crippen molar-refractivity contribution >= 4 is 11.4 Å². The summed E-state index contributed by atoms with van der Waals surface area (Å²) >= 11 is 0. The molecule has 0 amide bonds. The Labute approximate surface area is 146 Å². The summed E-state index contributed by atoms with van der Waals surface area (Å²) in [6.07, 6.45) is 9.67. The molecule has 0 spiro atoms. The number of nitriles is 1. The molecule has 0 heterocycles. The van der Waals surface area contributed by atoms with Crippen LogP contribution in [0.25, 0.3) is 0 Å².